The van der Waals surface area contributed by atoms with Gasteiger partial charge in [-0.15, -0.1) is 12.4 Å². The number of ether oxygens (including phenoxy) is 2. The number of imidazole rings is 1. The molecular weight excluding hydrogens is 314 g/mol. The Morgan fingerprint density at radius 1 is 1.27 bits per heavy atom. The number of esters is 2. The second-order valence-electron chi connectivity index (χ2n) is 4.79. The zero-order chi connectivity index (χ0) is 15.4. The van der Waals surface area contributed by atoms with E-state index in [2.05, 4.69) is 20.0 Å². The third-order valence-electron chi connectivity index (χ3n) is 3.25. The molecule has 2 N–H and O–H groups in total. The molecule has 0 unspecified atom stereocenters. The first kappa shape index (κ1) is 18.1. The molecule has 22 heavy (non-hydrogen) atoms. The molecule has 2 heterocycles. The van der Waals surface area contributed by atoms with Gasteiger partial charge in [0.25, 0.3) is 0 Å². The van der Waals surface area contributed by atoms with Crippen molar-refractivity contribution in [2.24, 2.45) is 0 Å². The van der Waals surface area contributed by atoms with Crippen LogP contribution < -0.4 is 5.32 Å². The fraction of sp³-hybridized carbons (Fsp3) is 0.538. The maximum atomic E-state index is 11.9. The maximum Gasteiger partial charge on any atom is 0.323 e. The zero-order valence-electron chi connectivity index (χ0n) is 12.3. The highest BCUT2D eigenvalue weighted by Crippen LogP contribution is 2.15. The van der Waals surface area contributed by atoms with E-state index in [1.165, 1.54) is 20.2 Å². The van der Waals surface area contributed by atoms with E-state index >= 15 is 0 Å². The first-order valence-electron chi connectivity index (χ1n) is 6.56. The Kier molecular flexibility index (Phi) is 6.51. The van der Waals surface area contributed by atoms with Crippen LogP contribution in [0, 0.1) is 0 Å². The molecule has 122 valence electrons. The predicted molar refractivity (Wildman–Crippen MR) is 77.6 cm³/mol. The first-order valence-corrected chi connectivity index (χ1v) is 6.56. The maximum absolute atomic E-state index is 11.9. The predicted octanol–water partition coefficient (Wildman–Crippen LogP) is 0.371. The topological polar surface area (TPSA) is 110 Å². The minimum absolute atomic E-state index is 0. The van der Waals surface area contributed by atoms with E-state index in [-0.39, 0.29) is 36.6 Å². The number of nitrogens with zero attached hydrogens (tertiary/aromatic N) is 1. The van der Waals surface area contributed by atoms with E-state index in [1.807, 2.05) is 0 Å². The van der Waals surface area contributed by atoms with Gasteiger partial charge in [-0.2, -0.15) is 0 Å². The van der Waals surface area contributed by atoms with Crippen molar-refractivity contribution in [1.29, 1.82) is 0 Å². The van der Waals surface area contributed by atoms with Crippen LogP contribution in [0.15, 0.2) is 6.20 Å². The monoisotopic (exact) mass is 331 g/mol. The van der Waals surface area contributed by atoms with E-state index in [4.69, 9.17) is 4.74 Å². The van der Waals surface area contributed by atoms with Crippen LogP contribution in [0.4, 0.5) is 0 Å². The summed E-state index contributed by atoms with van der Waals surface area (Å²) in [6, 6.07) is -0.992. The highest BCUT2D eigenvalue weighted by Gasteiger charge is 2.34. The number of carbonyl (C=O) groups excluding carboxylic acids is 3. The van der Waals surface area contributed by atoms with Gasteiger partial charge in [0, 0.05) is 6.92 Å². The van der Waals surface area contributed by atoms with Crippen molar-refractivity contribution in [2.45, 2.75) is 38.5 Å². The van der Waals surface area contributed by atoms with Gasteiger partial charge < -0.3 is 14.5 Å². The fourth-order valence-electron chi connectivity index (χ4n) is 2.12. The number of methoxy groups -OCH3 is 1. The van der Waals surface area contributed by atoms with Crippen molar-refractivity contribution in [3.63, 3.8) is 0 Å². The van der Waals surface area contributed by atoms with E-state index in [0.717, 1.165) is 0 Å². The number of Topliss-reactive ketones (excluding diaryl/α,β-unsaturated/α-hetero) is 1. The summed E-state index contributed by atoms with van der Waals surface area (Å²) >= 11 is 0. The highest BCUT2D eigenvalue weighted by atomic mass is 35.5. The summed E-state index contributed by atoms with van der Waals surface area (Å²) in [5.41, 5.74) is 0.538. The summed E-state index contributed by atoms with van der Waals surface area (Å²) in [6.07, 6.45) is 2.49. The average Bonchev–Trinajstić information content (AvgIpc) is 3.12. The first-order chi connectivity index (χ1) is 10.0. The Morgan fingerprint density at radius 2 is 1.91 bits per heavy atom. The number of aromatic nitrogens is 2. The standard InChI is InChI=1S/C13H17N3O5.ClH/c1-7(17)11-14-5-8(15-11)6-21-13(19)10-4-3-9(16-10)12(18)20-2;/h5,9-10,16H,3-4,6H2,1-2H3,(H,14,15);1H/t9-,10-;/m0./s1. The lowest BCUT2D eigenvalue weighted by Gasteiger charge is -2.12. The third kappa shape index (κ3) is 4.28. The number of carbonyl (C=O) groups is 3. The van der Waals surface area contributed by atoms with Gasteiger partial charge in [0.05, 0.1) is 19.0 Å². The van der Waals surface area contributed by atoms with Gasteiger partial charge in [-0.3, -0.25) is 19.7 Å². The van der Waals surface area contributed by atoms with E-state index < -0.39 is 18.1 Å². The van der Waals surface area contributed by atoms with Gasteiger partial charge in [0.15, 0.2) is 11.6 Å². The molecule has 1 aliphatic rings. The molecule has 2 atom stereocenters. The number of aromatic amines is 1. The highest BCUT2D eigenvalue weighted by molar-refractivity contribution is 5.90. The smallest absolute Gasteiger partial charge is 0.323 e. The Balaban J connectivity index is 0.00000242. The van der Waals surface area contributed by atoms with E-state index in [1.54, 1.807) is 0 Å². The second-order valence-corrected chi connectivity index (χ2v) is 4.79. The minimum atomic E-state index is -0.524. The molecule has 2 rings (SSSR count). The van der Waals surface area contributed by atoms with Crippen LogP contribution in [0.2, 0.25) is 0 Å². The molecule has 9 heteroatoms. The normalized spacial score (nSPS) is 20.1. The van der Waals surface area contributed by atoms with Crippen LogP contribution in [-0.4, -0.2) is 46.9 Å². The Bertz CT molecular complexity index is 560. The summed E-state index contributed by atoms with van der Waals surface area (Å²) in [4.78, 5) is 40.9. The van der Waals surface area contributed by atoms with E-state index in [0.29, 0.717) is 18.5 Å². The summed E-state index contributed by atoms with van der Waals surface area (Å²) in [7, 11) is 1.31. The molecule has 1 aromatic rings. The van der Waals surface area contributed by atoms with Crippen LogP contribution in [-0.2, 0) is 25.7 Å². The molecule has 8 nitrogen and oxygen atoms in total. The Labute approximate surface area is 133 Å². The molecule has 1 fully saturated rings. The van der Waals surface area contributed by atoms with Crippen LogP contribution in [0.1, 0.15) is 36.1 Å². The van der Waals surface area contributed by atoms with Crippen molar-refractivity contribution in [2.75, 3.05) is 7.11 Å². The molecule has 1 saturated heterocycles. The number of H-pyrrole nitrogens is 1. The quantitative estimate of drug-likeness (QED) is 0.592. The van der Waals surface area contributed by atoms with Crippen LogP contribution >= 0.6 is 12.4 Å². The number of hydrogen-bond donors (Lipinski definition) is 2. The molecule has 0 amide bonds. The van der Waals surface area contributed by atoms with E-state index in [9.17, 15) is 14.4 Å². The van der Waals surface area contributed by atoms with Crippen molar-refractivity contribution < 1.29 is 23.9 Å². The lowest BCUT2D eigenvalue weighted by atomic mass is 10.2. The summed E-state index contributed by atoms with van der Waals surface area (Å²) < 4.78 is 9.75. The van der Waals surface area contributed by atoms with Gasteiger partial charge in [0.2, 0.25) is 0 Å². The second kappa shape index (κ2) is 7.90. The van der Waals surface area contributed by atoms with Gasteiger partial charge in [-0.05, 0) is 12.8 Å². The summed E-state index contributed by atoms with van der Waals surface area (Å²) in [5.74, 6) is -0.790. The van der Waals surface area contributed by atoms with Gasteiger partial charge in [-0.25, -0.2) is 4.98 Å². The van der Waals surface area contributed by atoms with Crippen molar-refractivity contribution in [3.8, 4) is 0 Å². The van der Waals surface area contributed by atoms with Crippen LogP contribution in [0.5, 0.6) is 0 Å². The van der Waals surface area contributed by atoms with Gasteiger partial charge in [0.1, 0.15) is 18.7 Å². The molecule has 0 bridgehead atoms. The number of ketones is 1. The molecule has 0 aliphatic carbocycles. The molecule has 0 aromatic carbocycles. The lowest BCUT2D eigenvalue weighted by Crippen LogP contribution is -2.40. The Hall–Kier alpha value is -1.93. The molecule has 0 spiro atoms. The number of nitrogens with one attached hydrogen (secondary N) is 2. The number of halogens is 1. The van der Waals surface area contributed by atoms with Gasteiger partial charge in [-0.1, -0.05) is 0 Å². The Morgan fingerprint density at radius 3 is 2.45 bits per heavy atom. The molecular formula is C13H18ClN3O5. The van der Waals surface area contributed by atoms with Crippen LogP contribution in [0.3, 0.4) is 0 Å². The molecule has 1 aliphatic heterocycles. The van der Waals surface area contributed by atoms with Crippen molar-refractivity contribution >= 4 is 30.1 Å². The number of hydrogen-bond acceptors (Lipinski definition) is 7. The summed E-state index contributed by atoms with van der Waals surface area (Å²) in [5, 5.41) is 2.87. The minimum Gasteiger partial charge on any atom is -0.468 e. The molecule has 0 saturated carbocycles. The van der Waals surface area contributed by atoms with Crippen LogP contribution in [0.25, 0.3) is 0 Å². The molecule has 0 radical (unpaired) electrons. The van der Waals surface area contributed by atoms with Crippen molar-refractivity contribution in [1.82, 2.24) is 15.3 Å². The van der Waals surface area contributed by atoms with Gasteiger partial charge >= 0.3 is 11.9 Å². The zero-order valence-corrected chi connectivity index (χ0v) is 13.1. The SMILES string of the molecule is COC(=O)[C@@H]1CC[C@@H](C(=O)OCc2cnc(C(C)=O)[nH]2)N1.Cl. The fourth-order valence-corrected chi connectivity index (χ4v) is 2.12. The third-order valence-corrected chi connectivity index (χ3v) is 3.25. The lowest BCUT2D eigenvalue weighted by molar-refractivity contribution is -0.147. The molecule has 1 aromatic heterocycles. The largest absolute Gasteiger partial charge is 0.468 e. The summed E-state index contributed by atoms with van der Waals surface area (Å²) in [6.45, 7) is 1.39. The number of rotatable bonds is 5. The van der Waals surface area contributed by atoms with Crippen molar-refractivity contribution in [3.05, 3.63) is 17.7 Å². The average molecular weight is 332 g/mol.